The van der Waals surface area contributed by atoms with Crippen LogP contribution in [0.3, 0.4) is 0 Å². The van der Waals surface area contributed by atoms with Gasteiger partial charge in [-0.3, -0.25) is 4.79 Å². The summed E-state index contributed by atoms with van der Waals surface area (Å²) >= 11 is 0. The molecule has 0 fully saturated rings. The van der Waals surface area contributed by atoms with Gasteiger partial charge in [0.05, 0.1) is 0 Å². The maximum atomic E-state index is 10.6. The average molecular weight is 238 g/mol. The number of fused-ring (bicyclic) bond motifs is 1. The molecular formula is C16H14O2. The van der Waals surface area contributed by atoms with E-state index in [0.29, 0.717) is 5.56 Å². The number of rotatable bonds is 3. The molecule has 2 aromatic rings. The fraction of sp³-hybridized carbons (Fsp3) is 0.188. The summed E-state index contributed by atoms with van der Waals surface area (Å²) < 4.78 is 5.90. The van der Waals surface area contributed by atoms with Crippen molar-refractivity contribution in [2.45, 2.75) is 19.3 Å². The lowest BCUT2D eigenvalue weighted by Gasteiger charge is -2.10. The van der Waals surface area contributed by atoms with Gasteiger partial charge in [-0.1, -0.05) is 12.1 Å². The van der Waals surface area contributed by atoms with E-state index in [1.54, 1.807) is 12.1 Å². The highest BCUT2D eigenvalue weighted by Gasteiger charge is 2.15. The molecule has 90 valence electrons. The molecule has 3 rings (SSSR count). The Hall–Kier alpha value is -2.09. The Labute approximate surface area is 106 Å². The minimum absolute atomic E-state index is 0.667. The van der Waals surface area contributed by atoms with Crippen molar-refractivity contribution in [3.63, 3.8) is 0 Å². The Morgan fingerprint density at radius 1 is 1.00 bits per heavy atom. The summed E-state index contributed by atoms with van der Waals surface area (Å²) in [7, 11) is 0. The lowest BCUT2D eigenvalue weighted by atomic mass is 10.1. The van der Waals surface area contributed by atoms with Gasteiger partial charge < -0.3 is 4.74 Å². The average Bonchev–Trinajstić information content (AvgIpc) is 2.89. The lowest BCUT2D eigenvalue weighted by molar-refractivity contribution is 0.112. The Bertz CT molecular complexity index is 570. The van der Waals surface area contributed by atoms with Crippen LogP contribution in [-0.2, 0) is 12.8 Å². The van der Waals surface area contributed by atoms with E-state index in [1.165, 1.54) is 17.5 Å². The zero-order chi connectivity index (χ0) is 12.4. The van der Waals surface area contributed by atoms with E-state index in [9.17, 15) is 4.79 Å². The van der Waals surface area contributed by atoms with Crippen LogP contribution >= 0.6 is 0 Å². The first kappa shape index (κ1) is 11.0. The summed E-state index contributed by atoms with van der Waals surface area (Å²) in [5.41, 5.74) is 3.40. The Morgan fingerprint density at radius 3 is 2.61 bits per heavy atom. The maximum absolute atomic E-state index is 10.6. The standard InChI is InChI=1S/C16H14O2/c17-11-12-7-9-14(10-8-12)18-16-6-2-4-13-3-1-5-15(13)16/h2,4,6-11H,1,3,5H2. The lowest BCUT2D eigenvalue weighted by Crippen LogP contribution is -1.91. The predicted molar refractivity (Wildman–Crippen MR) is 70.4 cm³/mol. The Morgan fingerprint density at radius 2 is 1.83 bits per heavy atom. The van der Waals surface area contributed by atoms with E-state index < -0.39 is 0 Å². The second-order valence-corrected chi connectivity index (χ2v) is 4.54. The number of aryl methyl sites for hydroxylation is 1. The monoisotopic (exact) mass is 238 g/mol. The highest BCUT2D eigenvalue weighted by molar-refractivity contribution is 5.74. The van der Waals surface area contributed by atoms with E-state index >= 15 is 0 Å². The maximum Gasteiger partial charge on any atom is 0.150 e. The van der Waals surface area contributed by atoms with Gasteiger partial charge in [-0.15, -0.1) is 0 Å². The number of ether oxygens (including phenoxy) is 1. The summed E-state index contributed by atoms with van der Waals surface area (Å²) in [6.45, 7) is 0. The first-order chi connectivity index (χ1) is 8.86. The van der Waals surface area contributed by atoms with Crippen molar-refractivity contribution >= 4 is 6.29 Å². The van der Waals surface area contributed by atoms with Crippen LogP contribution in [0.5, 0.6) is 11.5 Å². The fourth-order valence-corrected chi connectivity index (χ4v) is 2.42. The van der Waals surface area contributed by atoms with E-state index in [4.69, 9.17) is 4.74 Å². The quantitative estimate of drug-likeness (QED) is 0.761. The molecule has 0 N–H and O–H groups in total. The number of carbonyl (C=O) groups excluding carboxylic acids is 1. The second kappa shape index (κ2) is 4.65. The number of hydrogen-bond acceptors (Lipinski definition) is 2. The van der Waals surface area contributed by atoms with Crippen LogP contribution in [0.4, 0.5) is 0 Å². The largest absolute Gasteiger partial charge is 0.457 e. The van der Waals surface area contributed by atoms with Gasteiger partial charge in [-0.25, -0.2) is 0 Å². The van der Waals surface area contributed by atoms with E-state index in [-0.39, 0.29) is 0 Å². The Kier molecular flexibility index (Phi) is 2.85. The first-order valence-electron chi connectivity index (χ1n) is 6.21. The van der Waals surface area contributed by atoms with Gasteiger partial charge in [-0.05, 0) is 60.7 Å². The molecule has 2 heteroatoms. The molecule has 0 saturated heterocycles. The number of aldehydes is 1. The van der Waals surface area contributed by atoms with E-state index in [0.717, 1.165) is 30.6 Å². The topological polar surface area (TPSA) is 26.3 Å². The van der Waals surface area contributed by atoms with Crippen molar-refractivity contribution in [2.75, 3.05) is 0 Å². The zero-order valence-electron chi connectivity index (χ0n) is 10.1. The van der Waals surface area contributed by atoms with Gasteiger partial charge in [0.15, 0.2) is 0 Å². The summed E-state index contributed by atoms with van der Waals surface area (Å²) in [6.07, 6.45) is 4.29. The summed E-state index contributed by atoms with van der Waals surface area (Å²) in [5.74, 6) is 1.73. The van der Waals surface area contributed by atoms with Crippen LogP contribution in [0.2, 0.25) is 0 Å². The summed E-state index contributed by atoms with van der Waals surface area (Å²) in [4.78, 5) is 10.6. The third-order valence-corrected chi connectivity index (χ3v) is 3.35. The third kappa shape index (κ3) is 2.02. The molecule has 18 heavy (non-hydrogen) atoms. The van der Waals surface area contributed by atoms with Gasteiger partial charge in [0.1, 0.15) is 17.8 Å². The molecule has 0 aliphatic heterocycles. The molecule has 0 amide bonds. The SMILES string of the molecule is O=Cc1ccc(Oc2cccc3c2CCC3)cc1. The zero-order valence-corrected chi connectivity index (χ0v) is 10.1. The smallest absolute Gasteiger partial charge is 0.150 e. The normalized spacial score (nSPS) is 13.1. The van der Waals surface area contributed by atoms with E-state index in [1.807, 2.05) is 24.3 Å². The highest BCUT2D eigenvalue weighted by atomic mass is 16.5. The van der Waals surface area contributed by atoms with Crippen molar-refractivity contribution in [2.24, 2.45) is 0 Å². The van der Waals surface area contributed by atoms with Crippen LogP contribution < -0.4 is 4.74 Å². The molecular weight excluding hydrogens is 224 g/mol. The molecule has 1 aliphatic rings. The van der Waals surface area contributed by atoms with Crippen molar-refractivity contribution in [1.82, 2.24) is 0 Å². The first-order valence-corrected chi connectivity index (χ1v) is 6.21. The molecule has 0 heterocycles. The molecule has 0 bridgehead atoms. The van der Waals surface area contributed by atoms with Crippen molar-refractivity contribution < 1.29 is 9.53 Å². The van der Waals surface area contributed by atoms with Gasteiger partial charge >= 0.3 is 0 Å². The molecule has 2 nitrogen and oxygen atoms in total. The second-order valence-electron chi connectivity index (χ2n) is 4.54. The number of hydrogen-bond donors (Lipinski definition) is 0. The van der Waals surface area contributed by atoms with Gasteiger partial charge in [-0.2, -0.15) is 0 Å². The molecule has 0 saturated carbocycles. The number of benzene rings is 2. The molecule has 2 aromatic carbocycles. The van der Waals surface area contributed by atoms with Crippen molar-refractivity contribution in [3.05, 3.63) is 59.2 Å². The van der Waals surface area contributed by atoms with Crippen molar-refractivity contribution in [3.8, 4) is 11.5 Å². The van der Waals surface area contributed by atoms with Gasteiger partial charge in [0, 0.05) is 5.56 Å². The van der Waals surface area contributed by atoms with Gasteiger partial charge in [0.2, 0.25) is 0 Å². The van der Waals surface area contributed by atoms with Crippen molar-refractivity contribution in [1.29, 1.82) is 0 Å². The molecule has 0 unspecified atom stereocenters. The van der Waals surface area contributed by atoms with Crippen LogP contribution in [0.1, 0.15) is 27.9 Å². The molecule has 0 spiro atoms. The minimum atomic E-state index is 0.667. The molecule has 1 aliphatic carbocycles. The molecule has 0 aromatic heterocycles. The fourth-order valence-electron chi connectivity index (χ4n) is 2.42. The van der Waals surface area contributed by atoms with Gasteiger partial charge in [0.25, 0.3) is 0 Å². The predicted octanol–water partition coefficient (Wildman–Crippen LogP) is 3.78. The molecule has 0 radical (unpaired) electrons. The van der Waals surface area contributed by atoms with Crippen LogP contribution in [0, 0.1) is 0 Å². The summed E-state index contributed by atoms with van der Waals surface area (Å²) in [6, 6.07) is 13.4. The van der Waals surface area contributed by atoms with Crippen LogP contribution in [0.15, 0.2) is 42.5 Å². The minimum Gasteiger partial charge on any atom is -0.457 e. The highest BCUT2D eigenvalue weighted by Crippen LogP contribution is 2.33. The third-order valence-electron chi connectivity index (χ3n) is 3.35. The number of carbonyl (C=O) groups is 1. The van der Waals surface area contributed by atoms with E-state index in [2.05, 4.69) is 6.07 Å². The van der Waals surface area contributed by atoms with Crippen LogP contribution in [0.25, 0.3) is 0 Å². The molecule has 0 atom stereocenters. The Balaban J connectivity index is 1.88. The summed E-state index contributed by atoms with van der Waals surface area (Å²) in [5, 5.41) is 0. The van der Waals surface area contributed by atoms with Crippen LogP contribution in [-0.4, -0.2) is 6.29 Å².